The summed E-state index contributed by atoms with van der Waals surface area (Å²) in [6.07, 6.45) is 3.54. The zero-order chi connectivity index (χ0) is 19.3. The van der Waals surface area contributed by atoms with Crippen LogP contribution in [0.3, 0.4) is 0 Å². The number of nitrogens with one attached hydrogen (secondary N) is 1. The fraction of sp³-hybridized carbons (Fsp3) is 0.421. The van der Waals surface area contributed by atoms with Crippen molar-refractivity contribution in [1.82, 2.24) is 19.5 Å². The van der Waals surface area contributed by atoms with E-state index in [1.807, 2.05) is 18.3 Å². The van der Waals surface area contributed by atoms with Gasteiger partial charge in [-0.05, 0) is 42.4 Å². The topological polar surface area (TPSA) is 65.5 Å². The molecular weight excluding hydrogens is 384 g/mol. The molecule has 0 saturated carbocycles. The van der Waals surface area contributed by atoms with E-state index in [9.17, 15) is 8.42 Å². The summed E-state index contributed by atoms with van der Waals surface area (Å²) in [6.45, 7) is 7.26. The number of piperazine rings is 1. The van der Waals surface area contributed by atoms with Gasteiger partial charge in [-0.1, -0.05) is 24.6 Å². The van der Waals surface area contributed by atoms with Crippen LogP contribution in [-0.4, -0.2) is 62.5 Å². The van der Waals surface area contributed by atoms with E-state index in [0.717, 1.165) is 38.3 Å². The molecule has 0 unspecified atom stereocenters. The lowest BCUT2D eigenvalue weighted by molar-refractivity contribution is 0.100. The Bertz CT molecular complexity index is 823. The van der Waals surface area contributed by atoms with E-state index in [2.05, 4.69) is 26.4 Å². The van der Waals surface area contributed by atoms with Crippen LogP contribution in [0, 0.1) is 0 Å². The number of halogens is 1. The molecule has 0 bridgehead atoms. The average molecular weight is 409 g/mol. The molecule has 3 rings (SSSR count). The van der Waals surface area contributed by atoms with Crippen LogP contribution in [0.2, 0.25) is 5.02 Å². The molecule has 146 valence electrons. The highest BCUT2D eigenvalue weighted by molar-refractivity contribution is 7.89. The molecule has 8 heteroatoms. The van der Waals surface area contributed by atoms with E-state index in [4.69, 9.17) is 11.6 Å². The van der Waals surface area contributed by atoms with Crippen LogP contribution in [0.25, 0.3) is 0 Å². The van der Waals surface area contributed by atoms with Gasteiger partial charge in [-0.2, -0.15) is 0 Å². The largest absolute Gasteiger partial charge is 0.301 e. The maximum atomic E-state index is 12.7. The van der Waals surface area contributed by atoms with Crippen molar-refractivity contribution in [3.63, 3.8) is 0 Å². The molecule has 1 aromatic carbocycles. The van der Waals surface area contributed by atoms with Crippen LogP contribution in [-0.2, 0) is 10.0 Å². The first-order chi connectivity index (χ1) is 13.0. The van der Waals surface area contributed by atoms with E-state index >= 15 is 0 Å². The van der Waals surface area contributed by atoms with Crippen LogP contribution in [0.4, 0.5) is 0 Å². The standard InChI is InChI=1S/C19H25ClN4O2S/c1-2-23-10-12-24(13-11-23)19(16-4-3-9-21-14-16)15-22-27(25,26)18-7-5-17(20)6-8-18/h3-9,14,19,22H,2,10-13,15H2,1H3/t19-/m0/s1. The second-order valence-corrected chi connectivity index (χ2v) is 8.78. The van der Waals surface area contributed by atoms with Gasteiger partial charge in [0.25, 0.3) is 0 Å². The van der Waals surface area contributed by atoms with Gasteiger partial charge >= 0.3 is 0 Å². The molecule has 1 aromatic heterocycles. The molecule has 1 aliphatic rings. The third-order valence-electron chi connectivity index (χ3n) is 4.95. The Labute approximate surface area is 166 Å². The summed E-state index contributed by atoms with van der Waals surface area (Å²) in [6, 6.07) is 10.0. The molecule has 0 amide bonds. The van der Waals surface area contributed by atoms with E-state index in [-0.39, 0.29) is 10.9 Å². The lowest BCUT2D eigenvalue weighted by atomic mass is 10.1. The molecule has 1 N–H and O–H groups in total. The van der Waals surface area contributed by atoms with Crippen LogP contribution in [0.1, 0.15) is 18.5 Å². The molecule has 0 spiro atoms. The molecule has 1 fully saturated rings. The summed E-state index contributed by atoms with van der Waals surface area (Å²) in [5.41, 5.74) is 1.02. The van der Waals surface area contributed by atoms with Gasteiger partial charge in [0.2, 0.25) is 10.0 Å². The average Bonchev–Trinajstić information content (AvgIpc) is 2.70. The van der Waals surface area contributed by atoms with Crippen molar-refractivity contribution < 1.29 is 8.42 Å². The third-order valence-corrected chi connectivity index (χ3v) is 6.65. The monoisotopic (exact) mass is 408 g/mol. The van der Waals surface area contributed by atoms with Crippen molar-refractivity contribution in [3.05, 3.63) is 59.4 Å². The molecule has 2 aromatic rings. The zero-order valence-corrected chi connectivity index (χ0v) is 17.0. The van der Waals surface area contributed by atoms with Crippen molar-refractivity contribution in [3.8, 4) is 0 Å². The number of likely N-dealkylation sites (N-methyl/N-ethyl adjacent to an activating group) is 1. The van der Waals surface area contributed by atoms with Gasteiger partial charge in [0.05, 0.1) is 4.90 Å². The van der Waals surface area contributed by atoms with Crippen LogP contribution in [0.5, 0.6) is 0 Å². The van der Waals surface area contributed by atoms with Crippen molar-refractivity contribution >= 4 is 21.6 Å². The molecule has 0 radical (unpaired) electrons. The van der Waals surface area contributed by atoms with Gasteiger partial charge < -0.3 is 4.90 Å². The number of pyridine rings is 1. The number of sulfonamides is 1. The third kappa shape index (κ3) is 5.27. The van der Waals surface area contributed by atoms with Gasteiger partial charge in [-0.15, -0.1) is 0 Å². The van der Waals surface area contributed by atoms with Crippen LogP contribution < -0.4 is 4.72 Å². The fourth-order valence-electron chi connectivity index (χ4n) is 3.31. The molecule has 27 heavy (non-hydrogen) atoms. The highest BCUT2D eigenvalue weighted by Crippen LogP contribution is 2.22. The van der Waals surface area contributed by atoms with Crippen molar-refractivity contribution in [2.45, 2.75) is 17.9 Å². The molecule has 2 heterocycles. The number of rotatable bonds is 7. The van der Waals surface area contributed by atoms with Crippen LogP contribution >= 0.6 is 11.6 Å². The summed E-state index contributed by atoms with van der Waals surface area (Å²) in [7, 11) is -3.60. The smallest absolute Gasteiger partial charge is 0.240 e. The number of hydrogen-bond acceptors (Lipinski definition) is 5. The predicted octanol–water partition coefficient (Wildman–Crippen LogP) is 2.39. The van der Waals surface area contributed by atoms with E-state index in [1.54, 1.807) is 18.3 Å². The Morgan fingerprint density at radius 1 is 1.15 bits per heavy atom. The molecule has 0 aliphatic carbocycles. The fourth-order valence-corrected chi connectivity index (χ4v) is 4.47. The first-order valence-corrected chi connectivity index (χ1v) is 11.0. The Hall–Kier alpha value is -1.51. The van der Waals surface area contributed by atoms with Gasteiger partial charge in [-0.3, -0.25) is 9.88 Å². The van der Waals surface area contributed by atoms with Gasteiger partial charge in [0.15, 0.2) is 0 Å². The SMILES string of the molecule is CCN1CCN([C@@H](CNS(=O)(=O)c2ccc(Cl)cc2)c2cccnc2)CC1. The number of aromatic nitrogens is 1. The normalized spacial score (nSPS) is 17.7. The first-order valence-electron chi connectivity index (χ1n) is 9.11. The lowest BCUT2D eigenvalue weighted by Crippen LogP contribution is -2.49. The second-order valence-electron chi connectivity index (χ2n) is 6.58. The molecule has 6 nitrogen and oxygen atoms in total. The maximum absolute atomic E-state index is 12.7. The van der Waals surface area contributed by atoms with Crippen molar-refractivity contribution in [2.75, 3.05) is 39.3 Å². The summed E-state index contributed by atoms with van der Waals surface area (Å²) in [4.78, 5) is 9.15. The predicted molar refractivity (Wildman–Crippen MR) is 107 cm³/mol. The first kappa shape index (κ1) is 20.2. The Balaban J connectivity index is 1.75. The summed E-state index contributed by atoms with van der Waals surface area (Å²) >= 11 is 5.86. The maximum Gasteiger partial charge on any atom is 0.240 e. The van der Waals surface area contributed by atoms with E-state index in [1.165, 1.54) is 12.1 Å². The molecule has 1 saturated heterocycles. The van der Waals surface area contributed by atoms with Gasteiger partial charge in [0, 0.05) is 56.2 Å². The van der Waals surface area contributed by atoms with Crippen LogP contribution in [0.15, 0.2) is 53.7 Å². The minimum Gasteiger partial charge on any atom is -0.301 e. The molecule has 1 aliphatic heterocycles. The molecule has 1 atom stereocenters. The zero-order valence-electron chi connectivity index (χ0n) is 15.4. The highest BCUT2D eigenvalue weighted by atomic mass is 35.5. The minimum atomic E-state index is -3.60. The number of benzene rings is 1. The summed E-state index contributed by atoms with van der Waals surface area (Å²) in [5.74, 6) is 0. The van der Waals surface area contributed by atoms with Crippen molar-refractivity contribution in [1.29, 1.82) is 0 Å². The number of nitrogens with zero attached hydrogens (tertiary/aromatic N) is 3. The van der Waals surface area contributed by atoms with Crippen molar-refractivity contribution in [2.24, 2.45) is 0 Å². The Kier molecular flexibility index (Phi) is 6.83. The quantitative estimate of drug-likeness (QED) is 0.762. The number of hydrogen-bond donors (Lipinski definition) is 1. The minimum absolute atomic E-state index is 0.0558. The summed E-state index contributed by atoms with van der Waals surface area (Å²) < 4.78 is 28.1. The summed E-state index contributed by atoms with van der Waals surface area (Å²) in [5, 5.41) is 0.510. The second kappa shape index (κ2) is 9.12. The Morgan fingerprint density at radius 2 is 1.85 bits per heavy atom. The lowest BCUT2D eigenvalue weighted by Gasteiger charge is -2.39. The van der Waals surface area contributed by atoms with E-state index in [0.29, 0.717) is 11.6 Å². The van der Waals surface area contributed by atoms with E-state index < -0.39 is 10.0 Å². The van der Waals surface area contributed by atoms with Gasteiger partial charge in [0.1, 0.15) is 0 Å². The molecular formula is C19H25ClN4O2S. The van der Waals surface area contributed by atoms with Gasteiger partial charge in [-0.25, -0.2) is 13.1 Å². The highest BCUT2D eigenvalue weighted by Gasteiger charge is 2.26. The Morgan fingerprint density at radius 3 is 2.44 bits per heavy atom.